The number of carbonyl (C=O) groups is 2. The third-order valence-electron chi connectivity index (χ3n) is 6.02. The average molecular weight is 443 g/mol. The molecule has 1 aromatic carbocycles. The topological polar surface area (TPSA) is 84.7 Å². The van der Waals surface area contributed by atoms with Gasteiger partial charge in [0.25, 0.3) is 5.91 Å². The molecule has 7 nitrogen and oxygen atoms in total. The normalized spacial score (nSPS) is 23.5. The lowest BCUT2D eigenvalue weighted by Crippen LogP contribution is -2.78. The van der Waals surface area contributed by atoms with Gasteiger partial charge in [-0.05, 0) is 43.5 Å². The number of hydrogen-bond donors (Lipinski definition) is 2. The average Bonchev–Trinajstić information content (AvgIpc) is 3.11. The second-order valence-corrected chi connectivity index (χ2v) is 8.79. The van der Waals surface area contributed by atoms with E-state index in [0.717, 1.165) is 17.4 Å². The molecule has 160 valence electrons. The molecule has 2 bridgehead atoms. The Morgan fingerprint density at radius 1 is 1.23 bits per heavy atom. The first-order valence-corrected chi connectivity index (χ1v) is 10.3. The van der Waals surface area contributed by atoms with E-state index in [0.29, 0.717) is 25.8 Å². The lowest BCUT2D eigenvalue weighted by molar-refractivity contribution is -0.184. The molecule has 2 amide bonds. The fourth-order valence-electron chi connectivity index (χ4n) is 4.64. The second-order valence-electron chi connectivity index (χ2n) is 8.38. The van der Waals surface area contributed by atoms with Crippen molar-refractivity contribution in [3.8, 4) is 5.75 Å². The quantitative estimate of drug-likeness (QED) is 0.589. The van der Waals surface area contributed by atoms with Crippen molar-refractivity contribution in [1.29, 1.82) is 0 Å². The zero-order valence-electron chi connectivity index (χ0n) is 16.5. The van der Waals surface area contributed by atoms with Gasteiger partial charge < -0.3 is 19.8 Å². The first kappa shape index (κ1) is 19.8. The van der Waals surface area contributed by atoms with E-state index >= 15 is 0 Å². The van der Waals surface area contributed by atoms with Crippen molar-refractivity contribution in [2.75, 3.05) is 6.61 Å². The van der Waals surface area contributed by atoms with Gasteiger partial charge in [0.05, 0.1) is 22.7 Å². The molecule has 0 atom stereocenters. The molecular weight excluding hydrogens is 423 g/mol. The first-order chi connectivity index (χ1) is 14.9. The SMILES string of the molecule is O=C(COc1ccc(Cl)c(F)c1)NC12CC(C(=O)NCc3cn4ccccc4n3)(C1)C2. The van der Waals surface area contributed by atoms with E-state index in [1.807, 2.05) is 35.0 Å². The zero-order valence-corrected chi connectivity index (χ0v) is 17.3. The minimum Gasteiger partial charge on any atom is -0.484 e. The van der Waals surface area contributed by atoms with Gasteiger partial charge in [0.1, 0.15) is 17.2 Å². The highest BCUT2D eigenvalue weighted by atomic mass is 35.5. The standard InChI is InChI=1S/C22H20ClFN4O3/c23-16-5-4-15(7-17(16)24)31-10-19(29)27-22-11-21(12-22,13-22)20(30)25-8-14-9-28-6-2-1-3-18(28)26-14/h1-7,9H,8,10-13H2,(H,25,30)(H,27,29). The van der Waals surface area contributed by atoms with E-state index in [1.165, 1.54) is 12.1 Å². The van der Waals surface area contributed by atoms with E-state index < -0.39 is 11.2 Å². The highest BCUT2D eigenvalue weighted by molar-refractivity contribution is 6.30. The highest BCUT2D eigenvalue weighted by Crippen LogP contribution is 2.67. The maximum atomic E-state index is 13.4. The number of ether oxygens (including phenoxy) is 1. The van der Waals surface area contributed by atoms with E-state index in [4.69, 9.17) is 16.3 Å². The summed E-state index contributed by atoms with van der Waals surface area (Å²) >= 11 is 5.63. The van der Waals surface area contributed by atoms with Crippen LogP contribution in [0.15, 0.2) is 48.8 Å². The largest absolute Gasteiger partial charge is 0.484 e. The van der Waals surface area contributed by atoms with Crippen molar-refractivity contribution in [3.05, 3.63) is 65.3 Å². The molecule has 9 heteroatoms. The molecule has 2 N–H and O–H groups in total. The number of nitrogens with one attached hydrogen (secondary N) is 2. The van der Waals surface area contributed by atoms with Gasteiger partial charge in [-0.1, -0.05) is 17.7 Å². The van der Waals surface area contributed by atoms with Crippen molar-refractivity contribution in [1.82, 2.24) is 20.0 Å². The Labute approximate surface area is 182 Å². The Hall–Kier alpha value is -3.13. The number of amides is 2. The van der Waals surface area contributed by atoms with E-state index in [9.17, 15) is 14.0 Å². The molecule has 3 saturated carbocycles. The molecule has 3 fully saturated rings. The molecule has 3 aliphatic rings. The number of halogens is 2. The number of benzene rings is 1. The number of fused-ring (bicyclic) bond motifs is 1. The van der Waals surface area contributed by atoms with Gasteiger partial charge in [0.15, 0.2) is 6.61 Å². The van der Waals surface area contributed by atoms with Crippen molar-refractivity contribution in [2.45, 2.75) is 31.3 Å². The predicted octanol–water partition coefficient (Wildman–Crippen LogP) is 2.86. The number of pyridine rings is 1. The summed E-state index contributed by atoms with van der Waals surface area (Å²) in [6.45, 7) is 0.142. The molecule has 6 rings (SSSR count). The number of imidazole rings is 1. The van der Waals surface area contributed by atoms with E-state index in [2.05, 4.69) is 15.6 Å². The Balaban J connectivity index is 1.08. The summed E-state index contributed by atoms with van der Waals surface area (Å²) < 4.78 is 20.7. The Morgan fingerprint density at radius 2 is 2.03 bits per heavy atom. The summed E-state index contributed by atoms with van der Waals surface area (Å²) in [5, 5.41) is 5.91. The molecule has 3 aromatic rings. The van der Waals surface area contributed by atoms with Crippen molar-refractivity contribution >= 4 is 29.1 Å². The summed E-state index contributed by atoms with van der Waals surface area (Å²) in [4.78, 5) is 29.3. The van der Waals surface area contributed by atoms with Crippen LogP contribution in [0.3, 0.4) is 0 Å². The molecule has 0 unspecified atom stereocenters. The monoisotopic (exact) mass is 442 g/mol. The molecule has 0 saturated heterocycles. The molecule has 0 spiro atoms. The van der Waals surface area contributed by atoms with Crippen molar-refractivity contribution < 1.29 is 18.7 Å². The smallest absolute Gasteiger partial charge is 0.258 e. The van der Waals surface area contributed by atoms with Crippen molar-refractivity contribution in [3.63, 3.8) is 0 Å². The third-order valence-corrected chi connectivity index (χ3v) is 6.33. The minimum absolute atomic E-state index is 0.00423. The van der Waals surface area contributed by atoms with Crippen LogP contribution in [0.25, 0.3) is 5.65 Å². The van der Waals surface area contributed by atoms with Crippen LogP contribution in [0.5, 0.6) is 5.75 Å². The van der Waals surface area contributed by atoms with Gasteiger partial charge in [-0.25, -0.2) is 9.37 Å². The van der Waals surface area contributed by atoms with Gasteiger partial charge in [0, 0.05) is 24.0 Å². The van der Waals surface area contributed by atoms with Crippen molar-refractivity contribution in [2.24, 2.45) is 5.41 Å². The summed E-state index contributed by atoms with van der Waals surface area (Å²) in [5.41, 5.74) is 0.881. The molecule has 2 aromatic heterocycles. The number of carbonyl (C=O) groups excluding carboxylic acids is 2. The molecule has 2 heterocycles. The van der Waals surface area contributed by atoms with Gasteiger partial charge in [0.2, 0.25) is 5.91 Å². The lowest BCUT2D eigenvalue weighted by atomic mass is 9.39. The van der Waals surface area contributed by atoms with E-state index in [1.54, 1.807) is 0 Å². The first-order valence-electron chi connectivity index (χ1n) is 9.96. The minimum atomic E-state index is -0.601. The summed E-state index contributed by atoms with van der Waals surface area (Å²) in [6, 6.07) is 9.76. The Kier molecular flexibility index (Phi) is 4.62. The van der Waals surface area contributed by atoms with Crippen LogP contribution in [0.2, 0.25) is 5.02 Å². The van der Waals surface area contributed by atoms with Crippen LogP contribution in [0, 0.1) is 11.2 Å². The Bertz CT molecular complexity index is 1140. The van der Waals surface area contributed by atoms with Crippen LogP contribution in [0.1, 0.15) is 25.0 Å². The fraction of sp³-hybridized carbons (Fsp3) is 0.318. The van der Waals surface area contributed by atoms with Crippen LogP contribution >= 0.6 is 11.6 Å². The summed E-state index contributed by atoms with van der Waals surface area (Å²) in [7, 11) is 0. The lowest BCUT2D eigenvalue weighted by Gasteiger charge is -2.69. The van der Waals surface area contributed by atoms with Gasteiger partial charge in [-0.2, -0.15) is 0 Å². The number of nitrogens with zero attached hydrogens (tertiary/aromatic N) is 2. The number of hydrogen-bond acceptors (Lipinski definition) is 4. The molecular formula is C22H20ClFN4O3. The molecule has 0 radical (unpaired) electrons. The second kappa shape index (κ2) is 7.23. The summed E-state index contributed by atoms with van der Waals surface area (Å²) in [6.07, 6.45) is 5.63. The Morgan fingerprint density at radius 3 is 2.77 bits per heavy atom. The predicted molar refractivity (Wildman–Crippen MR) is 111 cm³/mol. The van der Waals surface area contributed by atoms with Crippen LogP contribution in [0.4, 0.5) is 4.39 Å². The van der Waals surface area contributed by atoms with Gasteiger partial charge in [-0.3, -0.25) is 9.59 Å². The van der Waals surface area contributed by atoms with Crippen LogP contribution in [-0.2, 0) is 16.1 Å². The number of rotatable bonds is 7. The van der Waals surface area contributed by atoms with Gasteiger partial charge in [-0.15, -0.1) is 0 Å². The molecule has 0 aliphatic heterocycles. The third kappa shape index (κ3) is 3.61. The maximum Gasteiger partial charge on any atom is 0.258 e. The number of aromatic nitrogens is 2. The summed E-state index contributed by atoms with van der Waals surface area (Å²) in [5.74, 6) is -0.671. The molecule has 3 aliphatic carbocycles. The maximum absolute atomic E-state index is 13.4. The fourth-order valence-corrected chi connectivity index (χ4v) is 4.76. The van der Waals surface area contributed by atoms with Crippen LogP contribution < -0.4 is 15.4 Å². The van der Waals surface area contributed by atoms with Crippen LogP contribution in [-0.4, -0.2) is 33.3 Å². The zero-order chi connectivity index (χ0) is 21.6. The molecule has 31 heavy (non-hydrogen) atoms. The highest BCUT2D eigenvalue weighted by Gasteiger charge is 2.72. The van der Waals surface area contributed by atoms with Gasteiger partial charge >= 0.3 is 0 Å². The van der Waals surface area contributed by atoms with E-state index in [-0.39, 0.29) is 34.7 Å².